The SMILES string of the molecule is CC(C)(O)CC1CCN(C(=O)c2cc(-c3ccc4c(c3)NC(=O)CO4)n[nH]2)CC1. The first-order chi connectivity index (χ1) is 13.8. The minimum absolute atomic E-state index is 0.0138. The summed E-state index contributed by atoms with van der Waals surface area (Å²) in [6.07, 6.45) is 2.53. The topological polar surface area (TPSA) is 108 Å². The smallest absolute Gasteiger partial charge is 0.271 e. The summed E-state index contributed by atoms with van der Waals surface area (Å²) in [7, 11) is 0. The number of aromatic amines is 1. The summed E-state index contributed by atoms with van der Waals surface area (Å²) in [5.41, 5.74) is 1.79. The summed E-state index contributed by atoms with van der Waals surface area (Å²) in [4.78, 5) is 26.2. The number of piperidine rings is 1. The summed E-state index contributed by atoms with van der Waals surface area (Å²) in [5.74, 6) is 0.791. The number of ether oxygens (including phenoxy) is 1. The van der Waals surface area contributed by atoms with E-state index in [1.807, 2.05) is 24.8 Å². The molecule has 0 saturated carbocycles. The highest BCUT2D eigenvalue weighted by Gasteiger charge is 2.28. The second kappa shape index (κ2) is 7.51. The number of carbonyl (C=O) groups excluding carboxylic acids is 2. The first-order valence-electron chi connectivity index (χ1n) is 9.93. The van der Waals surface area contributed by atoms with Crippen molar-refractivity contribution in [3.05, 3.63) is 30.0 Å². The standard InChI is InChI=1S/C21H26N4O4/c1-21(2,28)11-13-5-7-25(8-6-13)20(27)17-10-15(23-24-17)14-3-4-18-16(9-14)22-19(26)12-29-18/h3-4,9-10,13,28H,5-8,11-12H2,1-2H3,(H,22,26)(H,23,24). The molecule has 2 aliphatic heterocycles. The minimum atomic E-state index is -0.672. The van der Waals surface area contributed by atoms with E-state index in [1.54, 1.807) is 18.2 Å². The van der Waals surface area contributed by atoms with Gasteiger partial charge in [0.25, 0.3) is 11.8 Å². The van der Waals surface area contributed by atoms with Crippen LogP contribution in [0.25, 0.3) is 11.3 Å². The highest BCUT2D eigenvalue weighted by Crippen LogP contribution is 2.32. The van der Waals surface area contributed by atoms with Gasteiger partial charge in [0.05, 0.1) is 17.0 Å². The Bertz CT molecular complexity index is 923. The molecule has 4 rings (SSSR count). The number of likely N-dealkylation sites (tertiary alicyclic amines) is 1. The largest absolute Gasteiger partial charge is 0.482 e. The van der Waals surface area contributed by atoms with Crippen molar-refractivity contribution in [1.82, 2.24) is 15.1 Å². The zero-order valence-corrected chi connectivity index (χ0v) is 16.7. The predicted octanol–water partition coefficient (Wildman–Crippen LogP) is 2.42. The van der Waals surface area contributed by atoms with E-state index in [2.05, 4.69) is 15.5 Å². The van der Waals surface area contributed by atoms with Gasteiger partial charge in [0.1, 0.15) is 11.4 Å². The van der Waals surface area contributed by atoms with E-state index in [0.29, 0.717) is 41.8 Å². The number of amides is 2. The van der Waals surface area contributed by atoms with Gasteiger partial charge in [0, 0.05) is 18.7 Å². The molecule has 0 aliphatic carbocycles. The Morgan fingerprint density at radius 3 is 2.79 bits per heavy atom. The number of anilines is 1. The first kappa shape index (κ1) is 19.4. The Hall–Kier alpha value is -2.87. The van der Waals surface area contributed by atoms with Gasteiger partial charge in [-0.15, -0.1) is 0 Å². The molecule has 154 valence electrons. The molecule has 8 heteroatoms. The Kier molecular flexibility index (Phi) is 5.04. The van der Waals surface area contributed by atoms with E-state index in [1.165, 1.54) is 0 Å². The molecule has 1 aromatic heterocycles. The van der Waals surface area contributed by atoms with Crippen LogP contribution in [0.3, 0.4) is 0 Å². The maximum atomic E-state index is 12.8. The number of hydrogen-bond acceptors (Lipinski definition) is 5. The third kappa shape index (κ3) is 4.42. The van der Waals surface area contributed by atoms with Crippen molar-refractivity contribution in [2.75, 3.05) is 25.0 Å². The Morgan fingerprint density at radius 2 is 2.07 bits per heavy atom. The highest BCUT2D eigenvalue weighted by molar-refractivity contribution is 5.96. The van der Waals surface area contributed by atoms with Crippen LogP contribution in [-0.2, 0) is 4.79 Å². The predicted molar refractivity (Wildman–Crippen MR) is 108 cm³/mol. The number of rotatable bonds is 4. The van der Waals surface area contributed by atoms with Gasteiger partial charge >= 0.3 is 0 Å². The van der Waals surface area contributed by atoms with Crippen LogP contribution in [0.4, 0.5) is 5.69 Å². The van der Waals surface area contributed by atoms with Gasteiger partial charge in [-0.05, 0) is 63.3 Å². The Labute approximate surface area is 169 Å². The zero-order valence-electron chi connectivity index (χ0n) is 16.7. The molecule has 0 bridgehead atoms. The van der Waals surface area contributed by atoms with Crippen LogP contribution in [-0.4, -0.2) is 57.3 Å². The molecule has 1 fully saturated rings. The second-order valence-electron chi connectivity index (χ2n) is 8.47. The summed E-state index contributed by atoms with van der Waals surface area (Å²) in [6, 6.07) is 7.16. The number of aromatic nitrogens is 2. The molecule has 2 amide bonds. The van der Waals surface area contributed by atoms with Gasteiger partial charge in [-0.3, -0.25) is 14.7 Å². The molecule has 1 saturated heterocycles. The van der Waals surface area contributed by atoms with Crippen molar-refractivity contribution in [3.8, 4) is 17.0 Å². The monoisotopic (exact) mass is 398 g/mol. The molecule has 2 aromatic rings. The van der Waals surface area contributed by atoms with Crippen molar-refractivity contribution in [2.24, 2.45) is 5.92 Å². The summed E-state index contributed by atoms with van der Waals surface area (Å²) >= 11 is 0. The van der Waals surface area contributed by atoms with E-state index in [4.69, 9.17) is 4.74 Å². The number of H-pyrrole nitrogens is 1. The average molecular weight is 398 g/mol. The van der Waals surface area contributed by atoms with Gasteiger partial charge in [-0.1, -0.05) is 0 Å². The van der Waals surface area contributed by atoms with Gasteiger partial charge in [-0.2, -0.15) is 5.10 Å². The van der Waals surface area contributed by atoms with Crippen LogP contribution in [0.15, 0.2) is 24.3 Å². The molecule has 0 atom stereocenters. The Morgan fingerprint density at radius 1 is 1.31 bits per heavy atom. The number of nitrogens with zero attached hydrogens (tertiary/aromatic N) is 2. The lowest BCUT2D eigenvalue weighted by molar-refractivity contribution is -0.118. The van der Waals surface area contributed by atoms with E-state index in [9.17, 15) is 14.7 Å². The van der Waals surface area contributed by atoms with Crippen molar-refractivity contribution in [2.45, 2.75) is 38.7 Å². The summed E-state index contributed by atoms with van der Waals surface area (Å²) in [6.45, 7) is 5.02. The number of fused-ring (bicyclic) bond motifs is 1. The zero-order chi connectivity index (χ0) is 20.6. The van der Waals surface area contributed by atoms with Crippen molar-refractivity contribution < 1.29 is 19.4 Å². The summed E-state index contributed by atoms with van der Waals surface area (Å²) in [5, 5.41) is 19.9. The van der Waals surface area contributed by atoms with Crippen LogP contribution in [0.2, 0.25) is 0 Å². The lowest BCUT2D eigenvalue weighted by Gasteiger charge is -2.34. The van der Waals surface area contributed by atoms with E-state index in [0.717, 1.165) is 24.8 Å². The highest BCUT2D eigenvalue weighted by atomic mass is 16.5. The fraction of sp³-hybridized carbons (Fsp3) is 0.476. The van der Waals surface area contributed by atoms with Crippen molar-refractivity contribution in [1.29, 1.82) is 0 Å². The van der Waals surface area contributed by atoms with E-state index in [-0.39, 0.29) is 18.4 Å². The molecule has 0 unspecified atom stereocenters. The van der Waals surface area contributed by atoms with Crippen LogP contribution in [0.5, 0.6) is 5.75 Å². The lowest BCUT2D eigenvalue weighted by Crippen LogP contribution is -2.40. The van der Waals surface area contributed by atoms with Gasteiger partial charge in [0.15, 0.2) is 6.61 Å². The van der Waals surface area contributed by atoms with Crippen LogP contribution in [0, 0.1) is 5.92 Å². The molecule has 1 aromatic carbocycles. The molecule has 3 N–H and O–H groups in total. The van der Waals surface area contributed by atoms with Gasteiger partial charge in [-0.25, -0.2) is 0 Å². The number of aliphatic hydroxyl groups is 1. The first-order valence-corrected chi connectivity index (χ1v) is 9.93. The molecule has 2 aliphatic rings. The normalized spacial score (nSPS) is 17.5. The lowest BCUT2D eigenvalue weighted by atomic mass is 9.86. The minimum Gasteiger partial charge on any atom is -0.482 e. The molecule has 0 radical (unpaired) electrons. The van der Waals surface area contributed by atoms with Crippen LogP contribution in [0.1, 0.15) is 43.6 Å². The number of benzene rings is 1. The van der Waals surface area contributed by atoms with E-state index < -0.39 is 5.60 Å². The average Bonchev–Trinajstić information content (AvgIpc) is 3.16. The number of carbonyl (C=O) groups is 2. The van der Waals surface area contributed by atoms with Crippen LogP contribution >= 0.6 is 0 Å². The quantitative estimate of drug-likeness (QED) is 0.733. The molecule has 8 nitrogen and oxygen atoms in total. The molecular weight excluding hydrogens is 372 g/mol. The number of hydrogen-bond donors (Lipinski definition) is 3. The van der Waals surface area contributed by atoms with E-state index >= 15 is 0 Å². The third-order valence-corrected chi connectivity index (χ3v) is 5.41. The van der Waals surface area contributed by atoms with Crippen molar-refractivity contribution >= 4 is 17.5 Å². The van der Waals surface area contributed by atoms with Gasteiger partial charge in [0.2, 0.25) is 0 Å². The fourth-order valence-electron chi connectivity index (χ4n) is 4.04. The third-order valence-electron chi connectivity index (χ3n) is 5.41. The molecular formula is C21H26N4O4. The maximum absolute atomic E-state index is 12.8. The molecule has 3 heterocycles. The number of nitrogens with one attached hydrogen (secondary N) is 2. The molecule has 29 heavy (non-hydrogen) atoms. The van der Waals surface area contributed by atoms with Crippen molar-refractivity contribution in [3.63, 3.8) is 0 Å². The maximum Gasteiger partial charge on any atom is 0.271 e. The fourth-order valence-corrected chi connectivity index (χ4v) is 4.04. The Balaban J connectivity index is 1.42. The summed E-state index contributed by atoms with van der Waals surface area (Å²) < 4.78 is 5.37. The second-order valence-corrected chi connectivity index (χ2v) is 8.47. The van der Waals surface area contributed by atoms with Crippen LogP contribution < -0.4 is 10.1 Å². The molecule has 0 spiro atoms. The van der Waals surface area contributed by atoms with Gasteiger partial charge < -0.3 is 20.1 Å².